The van der Waals surface area contributed by atoms with Gasteiger partial charge < -0.3 is 15.5 Å². The molecule has 2 saturated heterocycles. The van der Waals surface area contributed by atoms with Gasteiger partial charge in [-0.2, -0.15) is 5.10 Å². The van der Waals surface area contributed by atoms with E-state index in [2.05, 4.69) is 63.1 Å². The molecule has 2 aliphatic heterocycles. The lowest BCUT2D eigenvalue weighted by Gasteiger charge is -2.44. The van der Waals surface area contributed by atoms with Crippen LogP contribution in [-0.2, 0) is 23.1 Å². The molecule has 6 rings (SSSR count). The van der Waals surface area contributed by atoms with Crippen molar-refractivity contribution in [3.8, 4) is 11.4 Å². The van der Waals surface area contributed by atoms with E-state index in [0.29, 0.717) is 45.8 Å². The molecule has 11 nitrogen and oxygen atoms in total. The Morgan fingerprint density at radius 1 is 1.10 bits per heavy atom. The number of carbonyl (C=O) groups excluding carboxylic acids is 2. The van der Waals surface area contributed by atoms with Crippen LogP contribution in [0.3, 0.4) is 0 Å². The third-order valence-corrected chi connectivity index (χ3v) is 9.81. The van der Waals surface area contributed by atoms with Gasteiger partial charge in [0, 0.05) is 36.3 Å². The second kappa shape index (κ2) is 10.5. The third kappa shape index (κ3) is 5.59. The third-order valence-electron chi connectivity index (χ3n) is 9.00. The molecule has 4 N–H and O–H groups in total. The fraction of sp³-hybridized carbons (Fsp3) is 0.586. The second-order valence-electron chi connectivity index (χ2n) is 13.1. The van der Waals surface area contributed by atoms with Crippen LogP contribution in [0.25, 0.3) is 11.4 Å². The fourth-order valence-electron chi connectivity index (χ4n) is 6.50. The number of piperidine rings is 2. The summed E-state index contributed by atoms with van der Waals surface area (Å²) in [5.74, 6) is -0.0628. The van der Waals surface area contributed by atoms with Crippen LogP contribution in [0.15, 0.2) is 11.6 Å². The highest BCUT2D eigenvalue weighted by atomic mass is 32.1. The Labute approximate surface area is 244 Å². The van der Waals surface area contributed by atoms with Crippen molar-refractivity contribution in [1.29, 1.82) is 0 Å². The lowest BCUT2D eigenvalue weighted by atomic mass is 9.73. The number of aromatic nitrogens is 5. The van der Waals surface area contributed by atoms with Crippen molar-refractivity contribution in [2.75, 3.05) is 37.2 Å². The molecule has 5 heterocycles. The largest absolute Gasteiger partial charge is 0.368 e. The summed E-state index contributed by atoms with van der Waals surface area (Å²) in [7, 11) is 0. The van der Waals surface area contributed by atoms with E-state index in [4.69, 9.17) is 5.73 Å². The van der Waals surface area contributed by atoms with Crippen LogP contribution in [-0.4, -0.2) is 79.0 Å². The van der Waals surface area contributed by atoms with E-state index in [1.54, 1.807) is 6.20 Å². The maximum absolute atomic E-state index is 13.3. The first-order valence-corrected chi connectivity index (χ1v) is 15.4. The van der Waals surface area contributed by atoms with Crippen molar-refractivity contribution in [3.05, 3.63) is 34.1 Å². The Hall–Kier alpha value is -3.38. The van der Waals surface area contributed by atoms with E-state index < -0.39 is 0 Å². The smallest absolute Gasteiger partial charge is 0.275 e. The van der Waals surface area contributed by atoms with Crippen molar-refractivity contribution in [2.24, 2.45) is 5.41 Å². The predicted molar refractivity (Wildman–Crippen MR) is 159 cm³/mol. The molecule has 0 unspecified atom stereocenters. The van der Waals surface area contributed by atoms with Crippen LogP contribution < -0.4 is 11.1 Å². The summed E-state index contributed by atoms with van der Waals surface area (Å²) >= 11 is 1.32. The van der Waals surface area contributed by atoms with Gasteiger partial charge in [0.15, 0.2) is 5.13 Å². The van der Waals surface area contributed by atoms with Crippen LogP contribution in [0.1, 0.15) is 80.7 Å². The van der Waals surface area contributed by atoms with Crippen molar-refractivity contribution in [1.82, 2.24) is 34.9 Å². The van der Waals surface area contributed by atoms with Gasteiger partial charge >= 0.3 is 0 Å². The summed E-state index contributed by atoms with van der Waals surface area (Å²) in [5.41, 5.74) is 9.98. The minimum absolute atomic E-state index is 0.0933. The molecule has 0 saturated carbocycles. The van der Waals surface area contributed by atoms with Gasteiger partial charge in [0.2, 0.25) is 11.9 Å². The van der Waals surface area contributed by atoms with Gasteiger partial charge in [-0.1, -0.05) is 27.7 Å². The molecule has 2 fully saturated rings. The predicted octanol–water partition coefficient (Wildman–Crippen LogP) is 3.65. The molecule has 0 aromatic carbocycles. The van der Waals surface area contributed by atoms with Crippen molar-refractivity contribution < 1.29 is 9.59 Å². The molecule has 3 aromatic rings. The quantitative estimate of drug-likeness (QED) is 0.417. The number of rotatable bonds is 5. The number of nitrogen functional groups attached to an aromatic ring is 1. The highest BCUT2D eigenvalue weighted by Gasteiger charge is 2.39. The summed E-state index contributed by atoms with van der Waals surface area (Å²) < 4.78 is 0. The number of thiazole rings is 1. The van der Waals surface area contributed by atoms with Crippen molar-refractivity contribution in [3.63, 3.8) is 0 Å². The van der Waals surface area contributed by atoms with Crippen LogP contribution in [0, 0.1) is 5.41 Å². The number of amides is 2. The van der Waals surface area contributed by atoms with Gasteiger partial charge in [-0.25, -0.2) is 15.0 Å². The first-order chi connectivity index (χ1) is 19.5. The zero-order valence-corrected chi connectivity index (χ0v) is 25.1. The SMILES string of the molecule is CC1(C)CCN(C2CCN(C(=O)Cc3csc(NC(=O)c4[nH]nc5c4C(C)(C)Cc4cnc(N)nc4-5)n3)CC2)CC1. The van der Waals surface area contributed by atoms with Gasteiger partial charge in [0.1, 0.15) is 11.4 Å². The van der Waals surface area contributed by atoms with E-state index in [0.717, 1.165) is 50.1 Å². The number of nitrogens with one attached hydrogen (secondary N) is 2. The molecule has 0 radical (unpaired) electrons. The maximum Gasteiger partial charge on any atom is 0.275 e. The van der Waals surface area contributed by atoms with Gasteiger partial charge in [-0.15, -0.1) is 11.3 Å². The Kier molecular flexibility index (Phi) is 7.09. The Balaban J connectivity index is 1.06. The zero-order valence-electron chi connectivity index (χ0n) is 24.3. The number of nitrogens with two attached hydrogens (primary N) is 1. The minimum atomic E-state index is -0.361. The van der Waals surface area contributed by atoms with Crippen LogP contribution >= 0.6 is 11.3 Å². The van der Waals surface area contributed by atoms with Crippen LogP contribution in [0.2, 0.25) is 0 Å². The number of carbonyl (C=O) groups is 2. The van der Waals surface area contributed by atoms with E-state index >= 15 is 0 Å². The topological polar surface area (TPSA) is 146 Å². The first-order valence-electron chi connectivity index (χ1n) is 14.5. The monoisotopic (exact) mass is 577 g/mol. The summed E-state index contributed by atoms with van der Waals surface area (Å²) in [6, 6.07) is 0.577. The number of hydrogen-bond donors (Lipinski definition) is 3. The average Bonchev–Trinajstić information content (AvgIpc) is 3.57. The second-order valence-corrected chi connectivity index (χ2v) is 13.9. The number of hydrogen-bond acceptors (Lipinski definition) is 9. The number of aromatic amines is 1. The normalized spacial score (nSPS) is 20.3. The summed E-state index contributed by atoms with van der Waals surface area (Å²) in [6.07, 6.45) is 7.16. The molecule has 0 bridgehead atoms. The molecule has 1 aliphatic carbocycles. The number of nitrogens with zero attached hydrogens (tertiary/aromatic N) is 6. The average molecular weight is 578 g/mol. The lowest BCUT2D eigenvalue weighted by molar-refractivity contribution is -0.132. The Morgan fingerprint density at radius 3 is 2.56 bits per heavy atom. The summed E-state index contributed by atoms with van der Waals surface area (Å²) in [6.45, 7) is 12.8. The molecule has 2 amide bonds. The highest BCUT2D eigenvalue weighted by Crippen LogP contribution is 2.43. The number of H-pyrrole nitrogens is 1. The Morgan fingerprint density at radius 2 is 1.83 bits per heavy atom. The van der Waals surface area contributed by atoms with Gasteiger partial charge in [0.25, 0.3) is 5.91 Å². The van der Waals surface area contributed by atoms with Gasteiger partial charge in [0.05, 0.1) is 17.8 Å². The summed E-state index contributed by atoms with van der Waals surface area (Å²) in [5, 5.41) is 12.5. The number of anilines is 2. The molecule has 3 aromatic heterocycles. The molecule has 41 heavy (non-hydrogen) atoms. The molecule has 0 atom stereocenters. The standard InChI is InChI=1S/C29H39N9O2S/c1-28(2)7-11-37(12-8-28)19-5-9-38(10-6-19)20(39)13-18-16-41-27(32-18)34-25(40)24-21-23(35-36-24)22-17(14-29(21,3)4)15-31-26(30)33-22/h15-16,19H,5-14H2,1-4H3,(H,35,36)(H2,30,31,33)(H,32,34,40). The van der Waals surface area contributed by atoms with E-state index in [-0.39, 0.29) is 29.6 Å². The highest BCUT2D eigenvalue weighted by molar-refractivity contribution is 7.14. The zero-order chi connectivity index (χ0) is 28.9. The molecule has 3 aliphatic rings. The molecule has 12 heteroatoms. The van der Waals surface area contributed by atoms with Crippen molar-refractivity contribution >= 4 is 34.2 Å². The minimum Gasteiger partial charge on any atom is -0.368 e. The fourth-order valence-corrected chi connectivity index (χ4v) is 7.21. The van der Waals surface area contributed by atoms with E-state index in [1.165, 1.54) is 24.2 Å². The Bertz CT molecular complexity index is 1460. The van der Waals surface area contributed by atoms with E-state index in [9.17, 15) is 9.59 Å². The molecule has 0 spiro atoms. The molecule has 218 valence electrons. The lowest BCUT2D eigenvalue weighted by Crippen LogP contribution is -2.50. The maximum atomic E-state index is 13.3. The number of likely N-dealkylation sites (tertiary alicyclic amines) is 2. The summed E-state index contributed by atoms with van der Waals surface area (Å²) in [4.78, 5) is 44.1. The van der Waals surface area contributed by atoms with Gasteiger partial charge in [-0.05, 0) is 61.6 Å². The molecular weight excluding hydrogens is 538 g/mol. The van der Waals surface area contributed by atoms with Crippen LogP contribution in [0.5, 0.6) is 0 Å². The first kappa shape index (κ1) is 27.8. The van der Waals surface area contributed by atoms with Crippen molar-refractivity contribution in [2.45, 2.75) is 77.7 Å². The van der Waals surface area contributed by atoms with Crippen LogP contribution in [0.4, 0.5) is 11.1 Å². The molecular formula is C29H39N9O2S. The van der Waals surface area contributed by atoms with E-state index in [1.807, 2.05) is 10.3 Å². The number of fused-ring (bicyclic) bond motifs is 3. The van der Waals surface area contributed by atoms with Gasteiger partial charge in [-0.3, -0.25) is 20.0 Å².